The Bertz CT molecular complexity index is 440. The van der Waals surface area contributed by atoms with Crippen molar-refractivity contribution in [1.29, 1.82) is 0 Å². The molecule has 0 unspecified atom stereocenters. The number of imide groups is 1. The molecule has 0 spiro atoms. The monoisotopic (exact) mass is 204 g/mol. The van der Waals surface area contributed by atoms with Gasteiger partial charge in [0.25, 0.3) is 0 Å². The highest BCUT2D eigenvalue weighted by Crippen LogP contribution is 2.19. The second-order valence-electron chi connectivity index (χ2n) is 3.21. The molecule has 0 aromatic carbocycles. The van der Waals surface area contributed by atoms with Gasteiger partial charge in [-0.3, -0.25) is 10.3 Å². The Balaban J connectivity index is 2.54. The smallest absolute Gasteiger partial charge is 0.272 e. The van der Waals surface area contributed by atoms with Crippen molar-refractivity contribution in [3.8, 4) is 0 Å². The van der Waals surface area contributed by atoms with Gasteiger partial charge >= 0.3 is 11.9 Å². The molecule has 0 fully saturated rings. The van der Waals surface area contributed by atoms with Crippen molar-refractivity contribution in [2.75, 3.05) is 5.32 Å². The molecule has 15 heavy (non-hydrogen) atoms. The van der Waals surface area contributed by atoms with E-state index in [9.17, 15) is 9.59 Å². The number of amides is 3. The maximum atomic E-state index is 11.6. The van der Waals surface area contributed by atoms with Crippen molar-refractivity contribution >= 4 is 17.6 Å². The van der Waals surface area contributed by atoms with E-state index in [2.05, 4.69) is 16.9 Å². The lowest BCUT2D eigenvalue weighted by atomic mass is 10.0. The summed E-state index contributed by atoms with van der Waals surface area (Å²) >= 11 is 0. The number of carbonyl (C=O) groups excluding carboxylic acids is 2. The van der Waals surface area contributed by atoms with Gasteiger partial charge in [-0.1, -0.05) is 6.08 Å². The SMILES string of the molecule is C=CCc1cncc2c1C(=O)[NH2+]C(=O)N2. The zero-order valence-electron chi connectivity index (χ0n) is 7.99. The van der Waals surface area contributed by atoms with Crippen LogP contribution >= 0.6 is 0 Å². The average Bonchev–Trinajstić information content (AvgIpc) is 2.17. The Morgan fingerprint density at radius 3 is 3.00 bits per heavy atom. The first-order valence-electron chi connectivity index (χ1n) is 4.50. The number of primary amides is 2. The van der Waals surface area contributed by atoms with Crippen LogP contribution < -0.4 is 10.6 Å². The fourth-order valence-electron chi connectivity index (χ4n) is 1.56. The number of pyridine rings is 1. The number of urea groups is 1. The minimum atomic E-state index is -0.398. The number of anilines is 1. The molecular weight excluding hydrogens is 194 g/mol. The molecule has 0 radical (unpaired) electrons. The molecule has 0 saturated heterocycles. The standard InChI is InChI=1S/C10H9N3O2/c1-2-3-6-4-11-5-7-8(6)9(14)13-10(15)12-7/h2,4-5H,1,3H2,(H2,12,13,14,15)/p+1. The van der Waals surface area contributed by atoms with Crippen LogP contribution in [-0.2, 0) is 6.42 Å². The van der Waals surface area contributed by atoms with Crippen molar-refractivity contribution in [3.05, 3.63) is 36.2 Å². The molecule has 1 aliphatic rings. The highest BCUT2D eigenvalue weighted by Gasteiger charge is 2.29. The molecule has 0 aliphatic carbocycles. The maximum absolute atomic E-state index is 11.6. The van der Waals surface area contributed by atoms with E-state index < -0.39 is 6.03 Å². The fraction of sp³-hybridized carbons (Fsp3) is 0.100. The highest BCUT2D eigenvalue weighted by molar-refractivity contribution is 6.06. The summed E-state index contributed by atoms with van der Waals surface area (Å²) in [4.78, 5) is 26.6. The predicted molar refractivity (Wildman–Crippen MR) is 53.4 cm³/mol. The van der Waals surface area contributed by atoms with Crippen LogP contribution in [0.1, 0.15) is 15.9 Å². The van der Waals surface area contributed by atoms with Crippen molar-refractivity contribution in [2.24, 2.45) is 0 Å². The lowest BCUT2D eigenvalue weighted by Gasteiger charge is -2.14. The lowest BCUT2D eigenvalue weighted by Crippen LogP contribution is -2.94. The molecule has 1 aliphatic heterocycles. The van der Waals surface area contributed by atoms with Gasteiger partial charge in [0, 0.05) is 6.20 Å². The van der Waals surface area contributed by atoms with Gasteiger partial charge in [0.2, 0.25) is 0 Å². The number of rotatable bonds is 2. The van der Waals surface area contributed by atoms with Crippen LogP contribution in [0.3, 0.4) is 0 Å². The molecule has 0 atom stereocenters. The summed E-state index contributed by atoms with van der Waals surface area (Å²) in [5, 5.41) is 3.63. The van der Waals surface area contributed by atoms with E-state index in [1.807, 2.05) is 0 Å². The van der Waals surface area contributed by atoms with Crippen LogP contribution in [0.2, 0.25) is 0 Å². The number of quaternary nitrogens is 1. The third-order valence-corrected chi connectivity index (χ3v) is 2.16. The summed E-state index contributed by atoms with van der Waals surface area (Å²) in [6.45, 7) is 3.61. The van der Waals surface area contributed by atoms with Crippen molar-refractivity contribution in [1.82, 2.24) is 4.98 Å². The first-order valence-corrected chi connectivity index (χ1v) is 4.50. The Kier molecular flexibility index (Phi) is 2.31. The molecule has 3 amide bonds. The molecule has 2 rings (SSSR count). The second-order valence-corrected chi connectivity index (χ2v) is 3.21. The first-order chi connectivity index (χ1) is 7.22. The van der Waals surface area contributed by atoms with Crippen molar-refractivity contribution < 1.29 is 14.9 Å². The predicted octanol–water partition coefficient (Wildman–Crippen LogP) is 0.0592. The number of allylic oxidation sites excluding steroid dienone is 1. The van der Waals surface area contributed by atoms with E-state index in [1.54, 1.807) is 12.3 Å². The average molecular weight is 204 g/mol. The molecule has 5 heteroatoms. The first kappa shape index (κ1) is 9.54. The molecule has 1 aromatic heterocycles. The summed E-state index contributed by atoms with van der Waals surface area (Å²) in [6, 6.07) is -0.398. The number of nitrogens with two attached hydrogens (primary N) is 1. The fourth-order valence-corrected chi connectivity index (χ4v) is 1.56. The van der Waals surface area contributed by atoms with E-state index in [4.69, 9.17) is 0 Å². The van der Waals surface area contributed by atoms with Gasteiger partial charge in [0.05, 0.1) is 11.9 Å². The van der Waals surface area contributed by atoms with Gasteiger partial charge in [-0.15, -0.1) is 6.58 Å². The summed E-state index contributed by atoms with van der Waals surface area (Å²) in [5.41, 5.74) is 1.78. The third-order valence-electron chi connectivity index (χ3n) is 2.16. The zero-order valence-corrected chi connectivity index (χ0v) is 7.99. The zero-order chi connectivity index (χ0) is 10.8. The maximum Gasteiger partial charge on any atom is 0.425 e. The Hall–Kier alpha value is -2.01. The van der Waals surface area contributed by atoms with Gasteiger partial charge in [-0.05, 0) is 12.0 Å². The molecule has 3 N–H and O–H groups in total. The summed E-state index contributed by atoms with van der Waals surface area (Å²) in [5.74, 6) is -0.270. The van der Waals surface area contributed by atoms with Gasteiger partial charge in [0.1, 0.15) is 5.56 Å². The second kappa shape index (κ2) is 3.62. The largest absolute Gasteiger partial charge is 0.425 e. The van der Waals surface area contributed by atoms with E-state index in [1.165, 1.54) is 6.20 Å². The molecular formula is C10H10N3O2+. The molecule has 5 nitrogen and oxygen atoms in total. The van der Waals surface area contributed by atoms with Gasteiger partial charge in [0.15, 0.2) is 0 Å². The lowest BCUT2D eigenvalue weighted by molar-refractivity contribution is -0.447. The highest BCUT2D eigenvalue weighted by atomic mass is 16.2. The normalized spacial score (nSPS) is 14.4. The van der Waals surface area contributed by atoms with E-state index in [0.717, 1.165) is 10.9 Å². The summed E-state index contributed by atoms with van der Waals surface area (Å²) in [7, 11) is 0. The minimum absolute atomic E-state index is 0.270. The van der Waals surface area contributed by atoms with E-state index >= 15 is 0 Å². The van der Waals surface area contributed by atoms with E-state index in [0.29, 0.717) is 17.7 Å². The van der Waals surface area contributed by atoms with Gasteiger partial charge in [-0.2, -0.15) is 5.32 Å². The Morgan fingerprint density at radius 1 is 1.47 bits per heavy atom. The molecule has 2 heterocycles. The van der Waals surface area contributed by atoms with Crippen molar-refractivity contribution in [2.45, 2.75) is 6.42 Å². The molecule has 76 valence electrons. The van der Waals surface area contributed by atoms with Crippen LogP contribution in [-0.4, -0.2) is 16.9 Å². The number of carbonyl (C=O) groups is 2. The topological polar surface area (TPSA) is 75.7 Å². The van der Waals surface area contributed by atoms with Crippen LogP contribution in [0.25, 0.3) is 0 Å². The summed E-state index contributed by atoms with van der Waals surface area (Å²) < 4.78 is 0. The van der Waals surface area contributed by atoms with Crippen LogP contribution in [0.15, 0.2) is 25.0 Å². The molecule has 1 aromatic rings. The molecule has 0 bridgehead atoms. The Morgan fingerprint density at radius 2 is 2.27 bits per heavy atom. The number of nitrogens with one attached hydrogen (secondary N) is 1. The number of hydrogen-bond donors (Lipinski definition) is 2. The minimum Gasteiger partial charge on any atom is -0.272 e. The van der Waals surface area contributed by atoms with Gasteiger partial charge in [-0.25, -0.2) is 9.59 Å². The molecule has 0 saturated carbocycles. The van der Waals surface area contributed by atoms with Crippen LogP contribution in [0.4, 0.5) is 10.5 Å². The number of aromatic nitrogens is 1. The Labute approximate surface area is 86.2 Å². The van der Waals surface area contributed by atoms with Crippen LogP contribution in [0, 0.1) is 0 Å². The third kappa shape index (κ3) is 1.64. The van der Waals surface area contributed by atoms with Crippen molar-refractivity contribution in [3.63, 3.8) is 0 Å². The van der Waals surface area contributed by atoms with Crippen LogP contribution in [0.5, 0.6) is 0 Å². The number of hydrogen-bond acceptors (Lipinski definition) is 3. The summed E-state index contributed by atoms with van der Waals surface area (Å²) in [6.07, 6.45) is 5.35. The van der Waals surface area contributed by atoms with E-state index in [-0.39, 0.29) is 5.91 Å². The number of fused-ring (bicyclic) bond motifs is 1. The van der Waals surface area contributed by atoms with Gasteiger partial charge < -0.3 is 0 Å². The number of nitrogens with zero attached hydrogens (tertiary/aromatic N) is 1. The quantitative estimate of drug-likeness (QED) is 0.669.